The first kappa shape index (κ1) is 29.8. The SMILES string of the molecule is CC=C1NC(=O)[C@H]2CSSCCC=C[C@H](CC(=O)N[C@@H](C(C)C)C(=O)N2)OC(=O)[C@H](C(C)C)NC1=O. The fraction of sp³-hybridized carbons (Fsp3) is 0.625. The first-order valence-corrected chi connectivity index (χ1v) is 14.5. The molecule has 4 amide bonds. The molecule has 0 aromatic rings. The van der Waals surface area contributed by atoms with E-state index in [1.807, 2.05) is 6.08 Å². The Morgan fingerprint density at radius 3 is 2.28 bits per heavy atom. The highest BCUT2D eigenvalue weighted by Gasteiger charge is 2.33. The van der Waals surface area contributed by atoms with Crippen molar-refractivity contribution in [1.82, 2.24) is 21.3 Å². The lowest BCUT2D eigenvalue weighted by Crippen LogP contribution is -2.57. The van der Waals surface area contributed by atoms with Crippen molar-refractivity contribution in [3.8, 4) is 0 Å². The third-order valence-corrected chi connectivity index (χ3v) is 8.03. The molecule has 2 heterocycles. The molecule has 0 radical (unpaired) electrons. The smallest absolute Gasteiger partial charge is 0.329 e. The molecule has 1 fully saturated rings. The lowest BCUT2D eigenvalue weighted by atomic mass is 10.0. The van der Waals surface area contributed by atoms with E-state index in [1.54, 1.807) is 40.7 Å². The second-order valence-electron chi connectivity index (χ2n) is 9.24. The number of hydrogen-bond donors (Lipinski definition) is 4. The second-order valence-corrected chi connectivity index (χ2v) is 11.9. The second kappa shape index (κ2) is 14.3. The van der Waals surface area contributed by atoms with Gasteiger partial charge in [0.25, 0.3) is 5.91 Å². The molecule has 2 aliphatic rings. The average Bonchev–Trinajstić information content (AvgIpc) is 2.81. The average molecular weight is 541 g/mol. The van der Waals surface area contributed by atoms with Crippen molar-refractivity contribution in [3.63, 3.8) is 0 Å². The maximum atomic E-state index is 13.2. The molecule has 0 spiro atoms. The zero-order valence-electron chi connectivity index (χ0n) is 21.3. The minimum Gasteiger partial charge on any atom is -0.456 e. The summed E-state index contributed by atoms with van der Waals surface area (Å²) >= 11 is 0. The predicted octanol–water partition coefficient (Wildman–Crippen LogP) is 1.43. The Bertz CT molecular complexity index is 905. The summed E-state index contributed by atoms with van der Waals surface area (Å²) in [5, 5.41) is 10.7. The Labute approximate surface area is 220 Å². The molecule has 36 heavy (non-hydrogen) atoms. The van der Waals surface area contributed by atoms with Crippen molar-refractivity contribution in [3.05, 3.63) is 23.9 Å². The highest BCUT2D eigenvalue weighted by Crippen LogP contribution is 2.24. The standard InChI is InChI=1S/C24H36N4O6S2/c1-6-16-21(30)28-20(14(4)5)24(33)34-15-9-7-8-10-35-36-12-17(22(31)25-16)26-23(32)19(13(2)3)27-18(29)11-15/h6-7,9,13-15,17,19-20H,8,10-12H2,1-5H3,(H,25,31)(H,26,32)(H,27,29)(H,28,30)/t15-,17-,19+,20+/m1/s1. The summed E-state index contributed by atoms with van der Waals surface area (Å²) in [4.78, 5) is 65.2. The summed E-state index contributed by atoms with van der Waals surface area (Å²) in [6.45, 7) is 8.66. The fourth-order valence-electron chi connectivity index (χ4n) is 3.50. The first-order valence-electron chi connectivity index (χ1n) is 12.0. The van der Waals surface area contributed by atoms with Crippen molar-refractivity contribution in [2.45, 2.75) is 71.7 Å². The van der Waals surface area contributed by atoms with E-state index in [-0.39, 0.29) is 29.7 Å². The number of esters is 1. The van der Waals surface area contributed by atoms with Crippen molar-refractivity contribution < 1.29 is 28.7 Å². The van der Waals surface area contributed by atoms with Crippen molar-refractivity contribution in [2.75, 3.05) is 11.5 Å². The Morgan fingerprint density at radius 1 is 0.944 bits per heavy atom. The van der Waals surface area contributed by atoms with E-state index in [1.165, 1.54) is 27.7 Å². The number of amides is 4. The van der Waals surface area contributed by atoms with Gasteiger partial charge in [-0.15, -0.1) is 0 Å². The van der Waals surface area contributed by atoms with Crippen LogP contribution >= 0.6 is 21.6 Å². The van der Waals surface area contributed by atoms with Crippen LogP contribution in [0.5, 0.6) is 0 Å². The van der Waals surface area contributed by atoms with Gasteiger partial charge in [-0.3, -0.25) is 19.2 Å². The molecule has 2 rings (SSSR count). The van der Waals surface area contributed by atoms with Crippen LogP contribution in [0.25, 0.3) is 0 Å². The van der Waals surface area contributed by atoms with Gasteiger partial charge in [-0.25, -0.2) is 4.79 Å². The van der Waals surface area contributed by atoms with Crippen LogP contribution in [0.1, 0.15) is 47.5 Å². The third-order valence-electron chi connectivity index (χ3n) is 5.59. The van der Waals surface area contributed by atoms with Crippen LogP contribution in [-0.4, -0.2) is 65.3 Å². The molecule has 0 saturated carbocycles. The first-order chi connectivity index (χ1) is 17.0. The Morgan fingerprint density at radius 2 is 1.64 bits per heavy atom. The summed E-state index contributed by atoms with van der Waals surface area (Å²) in [5.74, 6) is -2.54. The molecule has 0 unspecified atom stereocenters. The lowest BCUT2D eigenvalue weighted by molar-refractivity contribution is -0.153. The highest BCUT2D eigenvalue weighted by atomic mass is 33.1. The molecular weight excluding hydrogens is 504 g/mol. The number of nitrogens with one attached hydrogen (secondary N) is 4. The quantitative estimate of drug-likeness (QED) is 0.178. The van der Waals surface area contributed by atoms with Crippen LogP contribution in [0.3, 0.4) is 0 Å². The van der Waals surface area contributed by atoms with Gasteiger partial charge in [-0.05, 0) is 31.3 Å². The van der Waals surface area contributed by atoms with Gasteiger partial charge in [-0.2, -0.15) is 0 Å². The molecule has 4 atom stereocenters. The maximum Gasteiger partial charge on any atom is 0.329 e. The number of hydrogen-bond acceptors (Lipinski definition) is 8. The molecule has 4 N–H and O–H groups in total. The molecule has 2 bridgehead atoms. The molecular formula is C24H36N4O6S2. The van der Waals surface area contributed by atoms with E-state index < -0.39 is 53.8 Å². The van der Waals surface area contributed by atoms with Gasteiger partial charge < -0.3 is 26.0 Å². The molecule has 1 saturated heterocycles. The van der Waals surface area contributed by atoms with Crippen LogP contribution < -0.4 is 21.3 Å². The van der Waals surface area contributed by atoms with E-state index in [2.05, 4.69) is 21.3 Å². The van der Waals surface area contributed by atoms with Crippen LogP contribution in [0.4, 0.5) is 0 Å². The molecule has 200 valence electrons. The summed E-state index contributed by atoms with van der Waals surface area (Å²) < 4.78 is 5.65. The van der Waals surface area contributed by atoms with Gasteiger partial charge in [-0.1, -0.05) is 61.4 Å². The fourth-order valence-corrected chi connectivity index (χ4v) is 5.66. The minimum absolute atomic E-state index is 0.0445. The minimum atomic E-state index is -1.00. The zero-order valence-corrected chi connectivity index (χ0v) is 22.9. The predicted molar refractivity (Wildman–Crippen MR) is 141 cm³/mol. The zero-order chi connectivity index (χ0) is 26.8. The van der Waals surface area contributed by atoms with Crippen molar-refractivity contribution in [1.29, 1.82) is 0 Å². The third kappa shape index (κ3) is 8.88. The molecule has 0 aliphatic carbocycles. The summed E-state index contributed by atoms with van der Waals surface area (Å²) in [7, 11) is 2.95. The Kier molecular flexibility index (Phi) is 11.8. The van der Waals surface area contributed by atoms with Gasteiger partial charge in [0.1, 0.15) is 29.9 Å². The normalized spacial score (nSPS) is 28.8. The number of allylic oxidation sites excluding steroid dienone is 2. The van der Waals surface area contributed by atoms with Crippen molar-refractivity contribution >= 4 is 51.2 Å². The van der Waals surface area contributed by atoms with Gasteiger partial charge >= 0.3 is 5.97 Å². The van der Waals surface area contributed by atoms with E-state index >= 15 is 0 Å². The Hall–Kier alpha value is -2.47. The van der Waals surface area contributed by atoms with Gasteiger partial charge in [0.2, 0.25) is 17.7 Å². The van der Waals surface area contributed by atoms with Crippen LogP contribution in [0.15, 0.2) is 23.9 Å². The number of carbonyl (C=O) groups is 5. The summed E-state index contributed by atoms with van der Waals surface area (Å²) in [5.41, 5.74) is -0.0445. The maximum absolute atomic E-state index is 13.2. The number of fused-ring (bicyclic) bond motifs is 7. The number of rotatable bonds is 2. The summed E-state index contributed by atoms with van der Waals surface area (Å²) in [6.07, 6.45) is 4.51. The van der Waals surface area contributed by atoms with Crippen molar-refractivity contribution in [2.24, 2.45) is 11.8 Å². The molecule has 2 aliphatic heterocycles. The number of ether oxygens (including phenoxy) is 1. The van der Waals surface area contributed by atoms with Crippen LogP contribution in [-0.2, 0) is 28.7 Å². The highest BCUT2D eigenvalue weighted by molar-refractivity contribution is 8.76. The molecule has 0 aromatic carbocycles. The van der Waals surface area contributed by atoms with E-state index in [4.69, 9.17) is 4.74 Å². The van der Waals surface area contributed by atoms with Gasteiger partial charge in [0.05, 0.1) is 6.42 Å². The summed E-state index contributed by atoms with van der Waals surface area (Å²) in [6, 6.07) is -2.86. The Balaban J connectivity index is 2.55. The largest absolute Gasteiger partial charge is 0.456 e. The van der Waals surface area contributed by atoms with E-state index in [0.717, 1.165) is 0 Å². The van der Waals surface area contributed by atoms with E-state index in [0.29, 0.717) is 12.2 Å². The topological polar surface area (TPSA) is 143 Å². The lowest BCUT2D eigenvalue weighted by Gasteiger charge is -2.27. The van der Waals surface area contributed by atoms with Crippen LogP contribution in [0.2, 0.25) is 0 Å². The van der Waals surface area contributed by atoms with Crippen LogP contribution in [0, 0.1) is 11.8 Å². The number of carbonyl (C=O) groups excluding carboxylic acids is 5. The molecule has 10 nitrogen and oxygen atoms in total. The molecule has 0 aromatic heterocycles. The van der Waals surface area contributed by atoms with Gasteiger partial charge in [0.15, 0.2) is 0 Å². The monoisotopic (exact) mass is 540 g/mol. The molecule has 12 heteroatoms. The van der Waals surface area contributed by atoms with E-state index in [9.17, 15) is 24.0 Å². The van der Waals surface area contributed by atoms with Gasteiger partial charge in [0, 0.05) is 11.5 Å².